The van der Waals surface area contributed by atoms with Crippen molar-refractivity contribution in [3.63, 3.8) is 0 Å². The lowest BCUT2D eigenvalue weighted by molar-refractivity contribution is 0.0173. The summed E-state index contributed by atoms with van der Waals surface area (Å²) in [7, 11) is 0. The van der Waals surface area contributed by atoms with E-state index in [1.54, 1.807) is 6.07 Å². The first kappa shape index (κ1) is 15.1. The molecule has 0 saturated heterocycles. The number of carbonyl (C=O) groups excluding carboxylic acids is 1. The van der Waals surface area contributed by atoms with E-state index in [9.17, 15) is 4.79 Å². The second-order valence-corrected chi connectivity index (χ2v) is 6.42. The Hall–Kier alpha value is -2.28. The van der Waals surface area contributed by atoms with Crippen LogP contribution in [0.15, 0.2) is 18.2 Å². The molecule has 0 saturated carbocycles. The largest absolute Gasteiger partial charge is 0.443 e. The van der Waals surface area contributed by atoms with Crippen molar-refractivity contribution in [2.75, 3.05) is 0 Å². The van der Waals surface area contributed by atoms with E-state index in [4.69, 9.17) is 10.00 Å². The Morgan fingerprint density at radius 3 is 2.57 bits per heavy atom. The summed E-state index contributed by atoms with van der Waals surface area (Å²) in [5.74, 6) is -0.461. The second-order valence-electron chi connectivity index (χ2n) is 6.42. The number of aromatic amines is 1. The smallest absolute Gasteiger partial charge is 0.339 e. The number of hydrogen-bond acceptors (Lipinski definition) is 3. The molecule has 1 unspecified atom stereocenters. The molecular weight excluding hydrogens is 264 g/mol. The number of nitrogens with one attached hydrogen (secondary N) is 1. The van der Waals surface area contributed by atoms with Gasteiger partial charge in [-0.05, 0) is 37.6 Å². The van der Waals surface area contributed by atoms with Crippen molar-refractivity contribution >= 4 is 16.9 Å². The number of carbonyl (C=O) groups is 1. The summed E-state index contributed by atoms with van der Waals surface area (Å²) in [6, 6.07) is 7.44. The molecule has 0 spiro atoms. The van der Waals surface area contributed by atoms with Crippen LogP contribution >= 0.6 is 0 Å². The summed E-state index contributed by atoms with van der Waals surface area (Å²) in [5, 5.41) is 10.2. The van der Waals surface area contributed by atoms with Crippen molar-refractivity contribution in [3.8, 4) is 6.07 Å². The van der Waals surface area contributed by atoms with Gasteiger partial charge in [-0.2, -0.15) is 5.26 Å². The van der Waals surface area contributed by atoms with E-state index in [1.165, 1.54) is 0 Å². The van der Waals surface area contributed by atoms with Gasteiger partial charge < -0.3 is 9.72 Å². The molecule has 2 rings (SSSR count). The van der Waals surface area contributed by atoms with Crippen LogP contribution in [0.5, 0.6) is 0 Å². The van der Waals surface area contributed by atoms with Crippen LogP contribution in [0.3, 0.4) is 0 Å². The third kappa shape index (κ3) is 2.92. The molecule has 0 bridgehead atoms. The van der Waals surface area contributed by atoms with Gasteiger partial charge in [-0.15, -0.1) is 0 Å². The number of benzene rings is 1. The van der Waals surface area contributed by atoms with Gasteiger partial charge in [0.25, 0.3) is 0 Å². The predicted octanol–water partition coefficient (Wildman–Crippen LogP) is 3.88. The number of rotatable bonds is 2. The van der Waals surface area contributed by atoms with Crippen LogP contribution in [-0.2, 0) is 4.74 Å². The number of aromatic nitrogens is 1. The summed E-state index contributed by atoms with van der Waals surface area (Å²) >= 11 is 0. The SMILES string of the molecule is Cc1[nH]c2ccc(C(=O)OC(C#N)C(C)(C)C)cc2c1C. The highest BCUT2D eigenvalue weighted by Crippen LogP contribution is 2.25. The monoisotopic (exact) mass is 284 g/mol. The number of fused-ring (bicyclic) bond motifs is 1. The number of nitriles is 1. The van der Waals surface area contributed by atoms with Crippen LogP contribution in [-0.4, -0.2) is 17.1 Å². The lowest BCUT2D eigenvalue weighted by atomic mass is 9.90. The zero-order valence-electron chi connectivity index (χ0n) is 13.1. The quantitative estimate of drug-likeness (QED) is 0.851. The van der Waals surface area contributed by atoms with Gasteiger partial charge in [0, 0.05) is 22.0 Å². The molecule has 0 fully saturated rings. The summed E-state index contributed by atoms with van der Waals surface area (Å²) in [6.07, 6.45) is -0.769. The Labute approximate surface area is 124 Å². The fraction of sp³-hybridized carbons (Fsp3) is 0.412. The number of esters is 1. The molecule has 0 aliphatic heterocycles. The average molecular weight is 284 g/mol. The predicted molar refractivity (Wildman–Crippen MR) is 82.0 cm³/mol. The van der Waals surface area contributed by atoms with Gasteiger partial charge >= 0.3 is 5.97 Å². The summed E-state index contributed by atoms with van der Waals surface area (Å²) in [6.45, 7) is 9.63. The normalized spacial score (nSPS) is 13.0. The van der Waals surface area contributed by atoms with Crippen LogP contribution in [0.2, 0.25) is 0 Å². The van der Waals surface area contributed by atoms with Crippen LogP contribution in [0, 0.1) is 30.6 Å². The van der Waals surface area contributed by atoms with Gasteiger partial charge in [-0.3, -0.25) is 0 Å². The molecule has 2 aromatic rings. The van der Waals surface area contributed by atoms with Crippen molar-refractivity contribution < 1.29 is 9.53 Å². The highest BCUT2D eigenvalue weighted by molar-refractivity contribution is 5.96. The first-order valence-corrected chi connectivity index (χ1v) is 6.93. The third-order valence-corrected chi connectivity index (χ3v) is 3.67. The minimum Gasteiger partial charge on any atom is -0.443 e. The maximum Gasteiger partial charge on any atom is 0.339 e. The Morgan fingerprint density at radius 1 is 1.33 bits per heavy atom. The van der Waals surface area contributed by atoms with Crippen molar-refractivity contribution in [1.82, 2.24) is 4.98 Å². The van der Waals surface area contributed by atoms with Crippen molar-refractivity contribution in [1.29, 1.82) is 5.26 Å². The Kier molecular flexibility index (Phi) is 3.78. The lowest BCUT2D eigenvalue weighted by Gasteiger charge is -2.24. The standard InChI is InChI=1S/C17H20N2O2/c1-10-11(2)19-14-7-6-12(8-13(10)14)16(20)21-15(9-18)17(3,4)5/h6-8,15,19H,1-5H3. The fourth-order valence-electron chi connectivity index (χ4n) is 2.16. The number of nitrogens with zero attached hydrogens (tertiary/aromatic N) is 1. The molecule has 0 radical (unpaired) electrons. The Bertz CT molecular complexity index is 730. The highest BCUT2D eigenvalue weighted by atomic mass is 16.5. The first-order valence-electron chi connectivity index (χ1n) is 6.93. The molecule has 0 aliphatic rings. The summed E-state index contributed by atoms with van der Waals surface area (Å²) in [5.41, 5.74) is 3.26. The molecule has 1 aromatic heterocycles. The van der Waals surface area contributed by atoms with Gasteiger partial charge in [-0.25, -0.2) is 4.79 Å². The molecule has 4 heteroatoms. The van der Waals surface area contributed by atoms with Crippen LogP contribution in [0.25, 0.3) is 10.9 Å². The van der Waals surface area contributed by atoms with Crippen molar-refractivity contribution in [3.05, 3.63) is 35.0 Å². The van der Waals surface area contributed by atoms with E-state index in [2.05, 4.69) is 4.98 Å². The molecule has 1 N–H and O–H groups in total. The van der Waals surface area contributed by atoms with E-state index >= 15 is 0 Å². The molecule has 21 heavy (non-hydrogen) atoms. The molecular formula is C17H20N2O2. The third-order valence-electron chi connectivity index (χ3n) is 3.67. The topological polar surface area (TPSA) is 65.9 Å². The average Bonchev–Trinajstić information content (AvgIpc) is 2.69. The molecule has 1 heterocycles. The minimum absolute atomic E-state index is 0.408. The van der Waals surface area contributed by atoms with E-state index < -0.39 is 17.5 Å². The van der Waals surface area contributed by atoms with E-state index in [1.807, 2.05) is 52.8 Å². The number of hydrogen-bond donors (Lipinski definition) is 1. The van der Waals surface area contributed by atoms with E-state index in [0.29, 0.717) is 5.56 Å². The van der Waals surface area contributed by atoms with Gasteiger partial charge in [0.15, 0.2) is 6.10 Å². The van der Waals surface area contributed by atoms with Crippen molar-refractivity contribution in [2.24, 2.45) is 5.41 Å². The van der Waals surface area contributed by atoms with Crippen LogP contribution < -0.4 is 0 Å². The van der Waals surface area contributed by atoms with Gasteiger partial charge in [0.1, 0.15) is 6.07 Å². The Morgan fingerprint density at radius 2 is 2.00 bits per heavy atom. The molecule has 1 atom stereocenters. The molecule has 0 aliphatic carbocycles. The molecule has 1 aromatic carbocycles. The van der Waals surface area contributed by atoms with E-state index in [-0.39, 0.29) is 0 Å². The number of ether oxygens (including phenoxy) is 1. The first-order chi connectivity index (χ1) is 9.74. The maximum atomic E-state index is 12.2. The van der Waals surface area contributed by atoms with Crippen LogP contribution in [0.4, 0.5) is 0 Å². The molecule has 0 amide bonds. The highest BCUT2D eigenvalue weighted by Gasteiger charge is 2.28. The lowest BCUT2D eigenvalue weighted by Crippen LogP contribution is -2.30. The number of aryl methyl sites for hydroxylation is 2. The van der Waals surface area contributed by atoms with Gasteiger partial charge in [-0.1, -0.05) is 20.8 Å². The van der Waals surface area contributed by atoms with Gasteiger partial charge in [0.05, 0.1) is 5.56 Å². The Balaban J connectivity index is 2.32. The summed E-state index contributed by atoms with van der Waals surface area (Å²) < 4.78 is 5.34. The zero-order valence-corrected chi connectivity index (χ0v) is 13.1. The number of H-pyrrole nitrogens is 1. The summed E-state index contributed by atoms with van der Waals surface area (Å²) in [4.78, 5) is 15.5. The second kappa shape index (κ2) is 5.25. The molecule has 110 valence electrons. The van der Waals surface area contributed by atoms with Crippen LogP contribution in [0.1, 0.15) is 42.4 Å². The van der Waals surface area contributed by atoms with Crippen molar-refractivity contribution in [2.45, 2.75) is 40.7 Å². The molecule has 4 nitrogen and oxygen atoms in total. The maximum absolute atomic E-state index is 12.2. The van der Waals surface area contributed by atoms with E-state index in [0.717, 1.165) is 22.2 Å². The fourth-order valence-corrected chi connectivity index (χ4v) is 2.16. The van der Waals surface area contributed by atoms with Gasteiger partial charge in [0.2, 0.25) is 0 Å². The minimum atomic E-state index is -0.769. The zero-order chi connectivity index (χ0) is 15.8.